The summed E-state index contributed by atoms with van der Waals surface area (Å²) in [7, 11) is 0. The van der Waals surface area contributed by atoms with Crippen LogP contribution in [0, 0.1) is 19.7 Å². The number of carbonyl (C=O) groups is 2. The SMILES string of the molecule is Cc1nn(-c2ccc(F)cc2)c(C)c1CNC(=O)CC1C(=O)NCCN1Cc1ccccn1. The molecule has 2 aromatic heterocycles. The molecule has 1 aliphatic rings. The van der Waals surface area contributed by atoms with Gasteiger partial charge in [-0.3, -0.25) is 19.5 Å². The van der Waals surface area contributed by atoms with Crippen molar-refractivity contribution in [2.45, 2.75) is 39.4 Å². The Morgan fingerprint density at radius 2 is 2.00 bits per heavy atom. The highest BCUT2D eigenvalue weighted by molar-refractivity contribution is 5.88. The third-order valence-electron chi connectivity index (χ3n) is 5.89. The van der Waals surface area contributed by atoms with Crippen molar-refractivity contribution in [1.82, 2.24) is 30.3 Å². The van der Waals surface area contributed by atoms with Crippen molar-refractivity contribution in [2.75, 3.05) is 13.1 Å². The molecule has 0 aliphatic carbocycles. The minimum atomic E-state index is -0.551. The summed E-state index contributed by atoms with van der Waals surface area (Å²) in [5, 5.41) is 10.3. The van der Waals surface area contributed by atoms with Gasteiger partial charge in [-0.2, -0.15) is 5.10 Å². The molecular formula is C24H27FN6O2. The van der Waals surface area contributed by atoms with E-state index in [2.05, 4.69) is 20.7 Å². The number of halogens is 1. The monoisotopic (exact) mass is 450 g/mol. The summed E-state index contributed by atoms with van der Waals surface area (Å²) >= 11 is 0. The molecule has 3 heterocycles. The molecule has 4 rings (SSSR count). The van der Waals surface area contributed by atoms with E-state index >= 15 is 0 Å². The summed E-state index contributed by atoms with van der Waals surface area (Å²) in [5.41, 5.74) is 4.15. The van der Waals surface area contributed by atoms with Gasteiger partial charge in [0.25, 0.3) is 0 Å². The van der Waals surface area contributed by atoms with Crippen molar-refractivity contribution < 1.29 is 14.0 Å². The van der Waals surface area contributed by atoms with Gasteiger partial charge in [-0.25, -0.2) is 9.07 Å². The molecule has 1 unspecified atom stereocenters. The van der Waals surface area contributed by atoms with E-state index in [0.29, 0.717) is 26.2 Å². The first-order valence-electron chi connectivity index (χ1n) is 10.9. The Hall–Kier alpha value is -3.59. The molecule has 0 radical (unpaired) electrons. The standard InChI is InChI=1S/C24H27FN6O2/c1-16-21(17(2)31(29-16)20-8-6-18(25)7-9-20)14-28-23(32)13-22-24(33)27-11-12-30(22)15-19-5-3-4-10-26-19/h3-10,22H,11-15H2,1-2H3,(H,27,33)(H,28,32). The Morgan fingerprint density at radius 1 is 1.21 bits per heavy atom. The van der Waals surface area contributed by atoms with Crippen LogP contribution >= 0.6 is 0 Å². The maximum Gasteiger partial charge on any atom is 0.237 e. The zero-order valence-electron chi connectivity index (χ0n) is 18.7. The van der Waals surface area contributed by atoms with Crippen LogP contribution in [-0.4, -0.2) is 50.6 Å². The average Bonchev–Trinajstić information content (AvgIpc) is 3.09. The zero-order valence-corrected chi connectivity index (χ0v) is 18.7. The van der Waals surface area contributed by atoms with Crippen molar-refractivity contribution in [2.24, 2.45) is 0 Å². The van der Waals surface area contributed by atoms with Crippen molar-refractivity contribution in [3.05, 3.63) is 77.1 Å². The Bertz CT molecular complexity index is 1130. The third-order valence-corrected chi connectivity index (χ3v) is 5.89. The van der Waals surface area contributed by atoms with Crippen LogP contribution in [0.15, 0.2) is 48.7 Å². The van der Waals surface area contributed by atoms with Crippen LogP contribution in [0.2, 0.25) is 0 Å². The predicted molar refractivity (Wildman–Crippen MR) is 121 cm³/mol. The Balaban J connectivity index is 1.41. The quantitative estimate of drug-likeness (QED) is 0.575. The number of rotatable bonds is 7. The highest BCUT2D eigenvalue weighted by atomic mass is 19.1. The van der Waals surface area contributed by atoms with Gasteiger partial charge in [0.15, 0.2) is 0 Å². The second-order valence-electron chi connectivity index (χ2n) is 8.12. The number of hydrogen-bond acceptors (Lipinski definition) is 5. The summed E-state index contributed by atoms with van der Waals surface area (Å²) in [5.74, 6) is -0.670. The van der Waals surface area contributed by atoms with Crippen LogP contribution < -0.4 is 10.6 Å². The summed E-state index contributed by atoms with van der Waals surface area (Å²) < 4.78 is 15.0. The molecule has 172 valence electrons. The number of pyridine rings is 1. The van der Waals surface area contributed by atoms with E-state index in [1.54, 1.807) is 23.0 Å². The van der Waals surface area contributed by atoms with Crippen molar-refractivity contribution >= 4 is 11.8 Å². The molecule has 0 bridgehead atoms. The molecular weight excluding hydrogens is 423 g/mol. The predicted octanol–water partition coefficient (Wildman–Crippen LogP) is 2.03. The Morgan fingerprint density at radius 3 is 2.73 bits per heavy atom. The molecule has 33 heavy (non-hydrogen) atoms. The summed E-state index contributed by atoms with van der Waals surface area (Å²) in [6, 6.07) is 11.2. The van der Waals surface area contributed by atoms with E-state index in [9.17, 15) is 14.0 Å². The molecule has 1 fully saturated rings. The third kappa shape index (κ3) is 5.25. The number of aryl methyl sites for hydroxylation is 1. The van der Waals surface area contributed by atoms with Crippen LogP contribution in [-0.2, 0) is 22.7 Å². The second kappa shape index (κ2) is 9.91. The van der Waals surface area contributed by atoms with E-state index in [1.165, 1.54) is 12.1 Å². The zero-order chi connectivity index (χ0) is 23.4. The van der Waals surface area contributed by atoms with E-state index < -0.39 is 6.04 Å². The molecule has 2 N–H and O–H groups in total. The lowest BCUT2D eigenvalue weighted by Crippen LogP contribution is -2.56. The first-order chi connectivity index (χ1) is 15.9. The first kappa shape index (κ1) is 22.6. The molecule has 1 aliphatic heterocycles. The van der Waals surface area contributed by atoms with Crippen LogP contribution in [0.3, 0.4) is 0 Å². The van der Waals surface area contributed by atoms with E-state index in [1.807, 2.05) is 36.9 Å². The van der Waals surface area contributed by atoms with Crippen LogP contribution in [0.1, 0.15) is 29.1 Å². The first-order valence-corrected chi connectivity index (χ1v) is 10.9. The molecule has 1 aromatic carbocycles. The lowest BCUT2D eigenvalue weighted by atomic mass is 10.1. The molecule has 2 amide bonds. The van der Waals surface area contributed by atoms with Crippen molar-refractivity contribution in [3.8, 4) is 5.69 Å². The van der Waals surface area contributed by atoms with Gasteiger partial charge in [0.05, 0.1) is 29.5 Å². The van der Waals surface area contributed by atoms with Crippen LogP contribution in [0.5, 0.6) is 0 Å². The number of nitrogens with one attached hydrogen (secondary N) is 2. The lowest BCUT2D eigenvalue weighted by molar-refractivity contribution is -0.134. The lowest BCUT2D eigenvalue weighted by Gasteiger charge is -2.34. The Kier molecular flexibility index (Phi) is 6.79. The number of nitrogens with zero attached hydrogens (tertiary/aromatic N) is 4. The number of hydrogen-bond donors (Lipinski definition) is 2. The molecule has 1 atom stereocenters. The number of aromatic nitrogens is 3. The fourth-order valence-corrected chi connectivity index (χ4v) is 4.07. The second-order valence-corrected chi connectivity index (χ2v) is 8.12. The van der Waals surface area contributed by atoms with Gasteiger partial charge in [0, 0.05) is 43.6 Å². The Labute approximate surface area is 191 Å². The largest absolute Gasteiger partial charge is 0.353 e. The van der Waals surface area contributed by atoms with E-state index in [4.69, 9.17) is 0 Å². The summed E-state index contributed by atoms with van der Waals surface area (Å²) in [6.07, 6.45) is 1.78. The topological polar surface area (TPSA) is 92.1 Å². The van der Waals surface area contributed by atoms with Crippen LogP contribution in [0.4, 0.5) is 4.39 Å². The van der Waals surface area contributed by atoms with E-state index in [-0.39, 0.29) is 24.1 Å². The minimum absolute atomic E-state index is 0.0584. The fourth-order valence-electron chi connectivity index (χ4n) is 4.07. The fraction of sp³-hybridized carbons (Fsp3) is 0.333. The van der Waals surface area contributed by atoms with Gasteiger partial charge in [-0.15, -0.1) is 0 Å². The van der Waals surface area contributed by atoms with Gasteiger partial charge in [-0.1, -0.05) is 6.07 Å². The number of benzene rings is 1. The molecule has 1 saturated heterocycles. The maximum atomic E-state index is 13.3. The van der Waals surface area contributed by atoms with Crippen molar-refractivity contribution in [1.29, 1.82) is 0 Å². The minimum Gasteiger partial charge on any atom is -0.353 e. The molecule has 3 aromatic rings. The summed E-state index contributed by atoms with van der Waals surface area (Å²) in [4.78, 5) is 31.6. The molecule has 9 heteroatoms. The normalized spacial score (nSPS) is 16.5. The number of piperazine rings is 1. The smallest absolute Gasteiger partial charge is 0.237 e. The molecule has 0 spiro atoms. The molecule has 0 saturated carbocycles. The average molecular weight is 451 g/mol. The molecule has 8 nitrogen and oxygen atoms in total. The number of amides is 2. The van der Waals surface area contributed by atoms with Crippen LogP contribution in [0.25, 0.3) is 5.69 Å². The van der Waals surface area contributed by atoms with Gasteiger partial charge < -0.3 is 10.6 Å². The van der Waals surface area contributed by atoms with Gasteiger partial charge in [-0.05, 0) is 50.2 Å². The van der Waals surface area contributed by atoms with Gasteiger partial charge in [0.2, 0.25) is 11.8 Å². The highest BCUT2D eigenvalue weighted by Gasteiger charge is 2.31. The summed E-state index contributed by atoms with van der Waals surface area (Å²) in [6.45, 7) is 5.79. The van der Waals surface area contributed by atoms with Gasteiger partial charge in [0.1, 0.15) is 5.82 Å². The maximum absolute atomic E-state index is 13.3. The van der Waals surface area contributed by atoms with Crippen molar-refractivity contribution in [3.63, 3.8) is 0 Å². The number of carbonyl (C=O) groups excluding carboxylic acids is 2. The van der Waals surface area contributed by atoms with E-state index in [0.717, 1.165) is 28.3 Å². The van der Waals surface area contributed by atoms with Gasteiger partial charge >= 0.3 is 0 Å². The highest BCUT2D eigenvalue weighted by Crippen LogP contribution is 2.19.